The van der Waals surface area contributed by atoms with Crippen LogP contribution in [0.2, 0.25) is 5.02 Å². The first-order valence-corrected chi connectivity index (χ1v) is 16.1. The summed E-state index contributed by atoms with van der Waals surface area (Å²) in [7, 11) is -2.67. The van der Waals surface area contributed by atoms with Crippen LogP contribution in [0.4, 0.5) is 5.69 Å². The summed E-state index contributed by atoms with van der Waals surface area (Å²) in [6.45, 7) is 1.64. The fourth-order valence-corrected chi connectivity index (χ4v) is 6.81. The molecule has 8 nitrogen and oxygen atoms in total. The monoisotopic (exact) mass is 611 g/mol. The quantitative estimate of drug-likeness (QED) is 0.277. The maximum atomic E-state index is 14.1. The standard InChI is InChI=1S/C32H38ClN3O5S/c1-3-30(32(38)34-26-11-7-8-12-26)35(22-21-24-9-5-4-6-10-24)31(37)23-36(27-15-13-25(33)14-16-27)42(39,40)29-19-17-28(41-2)18-20-29/h4-6,9-10,13-20,26,30H,3,7-8,11-12,21-23H2,1-2H3,(H,34,38)/t30-/m0/s1. The van der Waals surface area contributed by atoms with E-state index >= 15 is 0 Å². The summed E-state index contributed by atoms with van der Waals surface area (Å²) in [5.74, 6) is -0.164. The maximum absolute atomic E-state index is 14.1. The number of rotatable bonds is 13. The molecule has 0 aliphatic heterocycles. The molecule has 0 spiro atoms. The summed E-state index contributed by atoms with van der Waals surface area (Å²) >= 11 is 6.10. The summed E-state index contributed by atoms with van der Waals surface area (Å²) in [4.78, 5) is 29.2. The van der Waals surface area contributed by atoms with Crippen LogP contribution in [0.3, 0.4) is 0 Å². The van der Waals surface area contributed by atoms with Crippen LogP contribution in [0.1, 0.15) is 44.6 Å². The van der Waals surface area contributed by atoms with Crippen LogP contribution in [0.25, 0.3) is 0 Å². The minimum atomic E-state index is -4.17. The van der Waals surface area contributed by atoms with E-state index in [1.54, 1.807) is 36.4 Å². The van der Waals surface area contributed by atoms with Crippen molar-refractivity contribution in [3.63, 3.8) is 0 Å². The Bertz CT molecular complexity index is 1430. The van der Waals surface area contributed by atoms with Gasteiger partial charge >= 0.3 is 0 Å². The van der Waals surface area contributed by atoms with E-state index in [9.17, 15) is 18.0 Å². The van der Waals surface area contributed by atoms with E-state index in [0.717, 1.165) is 35.6 Å². The molecule has 3 aromatic carbocycles. The van der Waals surface area contributed by atoms with Crippen LogP contribution in [0.15, 0.2) is 83.8 Å². The van der Waals surface area contributed by atoms with Gasteiger partial charge < -0.3 is 15.0 Å². The molecule has 42 heavy (non-hydrogen) atoms. The van der Waals surface area contributed by atoms with Crippen molar-refractivity contribution in [2.45, 2.75) is 62.4 Å². The average Bonchev–Trinajstić information content (AvgIpc) is 3.52. The first-order valence-electron chi connectivity index (χ1n) is 14.3. The van der Waals surface area contributed by atoms with Gasteiger partial charge in [-0.05, 0) is 79.8 Å². The van der Waals surface area contributed by atoms with Crippen LogP contribution in [0.5, 0.6) is 5.75 Å². The highest BCUT2D eigenvalue weighted by atomic mass is 35.5. The minimum absolute atomic E-state index is 0.00732. The van der Waals surface area contributed by atoms with Crippen LogP contribution in [0, 0.1) is 0 Å². The lowest BCUT2D eigenvalue weighted by atomic mass is 10.1. The third kappa shape index (κ3) is 7.83. The Morgan fingerprint density at radius 3 is 2.21 bits per heavy atom. The zero-order valence-electron chi connectivity index (χ0n) is 24.0. The zero-order chi connectivity index (χ0) is 30.1. The summed E-state index contributed by atoms with van der Waals surface area (Å²) in [5, 5.41) is 3.57. The lowest BCUT2D eigenvalue weighted by molar-refractivity contribution is -0.139. The van der Waals surface area contributed by atoms with E-state index in [1.807, 2.05) is 37.3 Å². The van der Waals surface area contributed by atoms with Crippen molar-refractivity contribution >= 4 is 39.1 Å². The van der Waals surface area contributed by atoms with Crippen LogP contribution < -0.4 is 14.4 Å². The molecule has 0 aromatic heterocycles. The molecular weight excluding hydrogens is 574 g/mol. The highest BCUT2D eigenvalue weighted by molar-refractivity contribution is 7.92. The molecule has 1 aliphatic rings. The predicted octanol–water partition coefficient (Wildman–Crippen LogP) is 5.45. The molecule has 0 bridgehead atoms. The molecule has 1 N–H and O–H groups in total. The maximum Gasteiger partial charge on any atom is 0.264 e. The van der Waals surface area contributed by atoms with Gasteiger partial charge in [-0.25, -0.2) is 8.42 Å². The fraction of sp³-hybridized carbons (Fsp3) is 0.375. The smallest absolute Gasteiger partial charge is 0.264 e. The Morgan fingerprint density at radius 1 is 0.976 bits per heavy atom. The van der Waals surface area contributed by atoms with E-state index in [1.165, 1.54) is 24.1 Å². The number of amides is 2. The third-order valence-corrected chi connectivity index (χ3v) is 9.65. The minimum Gasteiger partial charge on any atom is -0.497 e. The van der Waals surface area contributed by atoms with E-state index in [0.29, 0.717) is 23.6 Å². The lowest BCUT2D eigenvalue weighted by Crippen LogP contribution is -2.54. The molecule has 0 heterocycles. The topological polar surface area (TPSA) is 96.0 Å². The Balaban J connectivity index is 1.67. The number of nitrogens with zero attached hydrogens (tertiary/aromatic N) is 2. The lowest BCUT2D eigenvalue weighted by Gasteiger charge is -2.33. The number of hydrogen-bond donors (Lipinski definition) is 1. The number of nitrogens with one attached hydrogen (secondary N) is 1. The molecule has 1 fully saturated rings. The number of anilines is 1. The Labute approximate surface area is 253 Å². The van der Waals surface area contributed by atoms with Gasteiger partial charge in [0.1, 0.15) is 18.3 Å². The van der Waals surface area contributed by atoms with Crippen molar-refractivity contribution in [2.75, 3.05) is 24.5 Å². The molecule has 224 valence electrons. The molecule has 1 saturated carbocycles. The predicted molar refractivity (Wildman–Crippen MR) is 165 cm³/mol. The van der Waals surface area contributed by atoms with Gasteiger partial charge in [0.05, 0.1) is 17.7 Å². The van der Waals surface area contributed by atoms with E-state index in [-0.39, 0.29) is 29.1 Å². The molecule has 0 radical (unpaired) electrons. The highest BCUT2D eigenvalue weighted by Crippen LogP contribution is 2.27. The third-order valence-electron chi connectivity index (χ3n) is 7.61. The number of carbonyl (C=O) groups is 2. The van der Waals surface area contributed by atoms with Crippen LogP contribution in [-0.2, 0) is 26.0 Å². The first kappa shape index (κ1) is 31.4. The zero-order valence-corrected chi connectivity index (χ0v) is 25.6. The number of benzene rings is 3. The number of ether oxygens (including phenoxy) is 1. The number of methoxy groups -OCH3 is 1. The van der Waals surface area contributed by atoms with Gasteiger partial charge in [-0.15, -0.1) is 0 Å². The van der Waals surface area contributed by atoms with Crippen molar-refractivity contribution in [3.05, 3.63) is 89.4 Å². The van der Waals surface area contributed by atoms with E-state index < -0.39 is 28.5 Å². The van der Waals surface area contributed by atoms with Crippen molar-refractivity contribution in [3.8, 4) is 5.75 Å². The van der Waals surface area contributed by atoms with Gasteiger partial charge in [-0.2, -0.15) is 0 Å². The second-order valence-corrected chi connectivity index (χ2v) is 12.7. The summed E-state index contributed by atoms with van der Waals surface area (Å²) < 4.78 is 34.2. The Kier molecular flexibility index (Phi) is 10.9. The number of carbonyl (C=O) groups excluding carboxylic acids is 2. The number of halogens is 1. The normalized spacial score (nSPS) is 14.3. The number of hydrogen-bond acceptors (Lipinski definition) is 5. The molecule has 0 unspecified atom stereocenters. The van der Waals surface area contributed by atoms with E-state index in [4.69, 9.17) is 16.3 Å². The van der Waals surface area contributed by atoms with Gasteiger partial charge in [0.25, 0.3) is 10.0 Å². The van der Waals surface area contributed by atoms with Gasteiger partial charge in [0.15, 0.2) is 0 Å². The number of sulfonamides is 1. The molecule has 0 saturated heterocycles. The molecule has 1 atom stereocenters. The largest absolute Gasteiger partial charge is 0.497 e. The van der Waals surface area contributed by atoms with Crippen molar-refractivity contribution in [1.29, 1.82) is 0 Å². The van der Waals surface area contributed by atoms with Crippen LogP contribution >= 0.6 is 11.6 Å². The fourth-order valence-electron chi connectivity index (χ4n) is 5.27. The van der Waals surface area contributed by atoms with Crippen molar-refractivity contribution < 1.29 is 22.7 Å². The van der Waals surface area contributed by atoms with Gasteiger partial charge in [-0.1, -0.05) is 61.7 Å². The average molecular weight is 612 g/mol. The highest BCUT2D eigenvalue weighted by Gasteiger charge is 2.34. The molecule has 4 rings (SSSR count). The Morgan fingerprint density at radius 2 is 1.62 bits per heavy atom. The van der Waals surface area contributed by atoms with Gasteiger partial charge in [0.2, 0.25) is 11.8 Å². The summed E-state index contributed by atoms with van der Waals surface area (Å²) in [5.41, 5.74) is 1.30. The second-order valence-electron chi connectivity index (χ2n) is 10.4. The summed E-state index contributed by atoms with van der Waals surface area (Å²) in [6.07, 6.45) is 4.89. The molecule has 10 heteroatoms. The van der Waals surface area contributed by atoms with Crippen LogP contribution in [-0.4, -0.2) is 57.4 Å². The van der Waals surface area contributed by atoms with Gasteiger partial charge in [-0.3, -0.25) is 13.9 Å². The summed E-state index contributed by atoms with van der Waals surface area (Å²) in [6, 6.07) is 21.4. The SMILES string of the molecule is CC[C@@H](C(=O)NC1CCCC1)N(CCc1ccccc1)C(=O)CN(c1ccc(Cl)cc1)S(=O)(=O)c1ccc(OC)cc1. The molecule has 3 aromatic rings. The van der Waals surface area contributed by atoms with Gasteiger partial charge in [0, 0.05) is 17.6 Å². The molecular formula is C32H38ClN3O5S. The van der Waals surface area contributed by atoms with E-state index in [2.05, 4.69) is 5.32 Å². The molecule has 1 aliphatic carbocycles. The second kappa shape index (κ2) is 14.6. The Hall–Kier alpha value is -3.56. The first-order chi connectivity index (χ1) is 20.2. The molecule has 2 amide bonds. The van der Waals surface area contributed by atoms with Crippen molar-refractivity contribution in [1.82, 2.24) is 10.2 Å². The van der Waals surface area contributed by atoms with Crippen molar-refractivity contribution in [2.24, 2.45) is 0 Å².